The van der Waals surface area contributed by atoms with Crippen molar-refractivity contribution in [1.82, 2.24) is 4.98 Å². The van der Waals surface area contributed by atoms with Gasteiger partial charge < -0.3 is 10.5 Å². The first kappa shape index (κ1) is 12.4. The number of nitrogens with zero attached hydrogens (tertiary/aromatic N) is 1. The second-order valence-electron chi connectivity index (χ2n) is 4.75. The van der Waals surface area contributed by atoms with Crippen LogP contribution >= 0.6 is 11.3 Å². The Labute approximate surface area is 114 Å². The molecule has 1 aromatic heterocycles. The third-order valence-corrected chi connectivity index (χ3v) is 4.10. The number of ether oxygens (including phenoxy) is 1. The molecule has 1 aromatic carbocycles. The average Bonchev–Trinajstić information content (AvgIpc) is 2.94. The van der Waals surface area contributed by atoms with Crippen LogP contribution in [0.4, 0.5) is 10.8 Å². The molecule has 3 N–H and O–H groups in total. The van der Waals surface area contributed by atoms with Gasteiger partial charge in [0.05, 0.1) is 16.3 Å². The van der Waals surface area contributed by atoms with Crippen LogP contribution in [0.25, 0.3) is 10.2 Å². The number of amides is 1. The Balaban J connectivity index is 1.76. The minimum Gasteiger partial charge on any atom is -0.399 e. The van der Waals surface area contributed by atoms with Gasteiger partial charge in [-0.2, -0.15) is 0 Å². The van der Waals surface area contributed by atoms with Gasteiger partial charge >= 0.3 is 0 Å². The Bertz CT molecular complexity index is 625. The van der Waals surface area contributed by atoms with Gasteiger partial charge in [-0.05, 0) is 38.0 Å². The molecule has 1 aliphatic rings. The topological polar surface area (TPSA) is 77.2 Å². The summed E-state index contributed by atoms with van der Waals surface area (Å²) in [5.41, 5.74) is 7.26. The fraction of sp³-hybridized carbons (Fsp3) is 0.385. The van der Waals surface area contributed by atoms with Gasteiger partial charge in [0, 0.05) is 5.69 Å². The number of benzene rings is 1. The number of nitrogen functional groups attached to an aromatic ring is 1. The first-order valence-electron chi connectivity index (χ1n) is 6.24. The van der Waals surface area contributed by atoms with Gasteiger partial charge in [0.1, 0.15) is 6.10 Å². The molecule has 1 saturated heterocycles. The highest BCUT2D eigenvalue weighted by atomic mass is 32.1. The molecule has 2 heterocycles. The van der Waals surface area contributed by atoms with E-state index < -0.39 is 0 Å². The van der Waals surface area contributed by atoms with E-state index in [4.69, 9.17) is 10.5 Å². The quantitative estimate of drug-likeness (QED) is 0.826. The van der Waals surface area contributed by atoms with Crippen molar-refractivity contribution in [3.05, 3.63) is 18.2 Å². The highest BCUT2D eigenvalue weighted by Crippen LogP contribution is 2.28. The van der Waals surface area contributed by atoms with Crippen LogP contribution < -0.4 is 11.1 Å². The van der Waals surface area contributed by atoms with Crippen molar-refractivity contribution >= 4 is 38.3 Å². The standard InChI is InChI=1S/C13H15N3O2S/c1-7-2-5-10(18-7)12(17)16-13-15-9-4-3-8(14)6-11(9)19-13/h3-4,6-7,10H,2,5,14H2,1H3,(H,15,16,17). The molecule has 0 aliphatic carbocycles. The summed E-state index contributed by atoms with van der Waals surface area (Å²) in [4.78, 5) is 16.4. The predicted molar refractivity (Wildman–Crippen MR) is 76.2 cm³/mol. The first-order valence-corrected chi connectivity index (χ1v) is 7.06. The number of thiazole rings is 1. The lowest BCUT2D eigenvalue weighted by Crippen LogP contribution is -2.27. The SMILES string of the molecule is CC1CCC(C(=O)Nc2nc3ccc(N)cc3s2)O1. The van der Waals surface area contributed by atoms with Crippen molar-refractivity contribution in [3.63, 3.8) is 0 Å². The molecule has 0 bridgehead atoms. The van der Waals surface area contributed by atoms with Gasteiger partial charge in [0.25, 0.3) is 5.91 Å². The predicted octanol–water partition coefficient (Wildman–Crippen LogP) is 2.38. The van der Waals surface area contributed by atoms with Crippen molar-refractivity contribution in [2.24, 2.45) is 0 Å². The molecule has 0 spiro atoms. The summed E-state index contributed by atoms with van der Waals surface area (Å²) in [5, 5.41) is 3.41. The van der Waals surface area contributed by atoms with E-state index in [0.29, 0.717) is 10.8 Å². The lowest BCUT2D eigenvalue weighted by molar-refractivity contribution is -0.126. The molecule has 6 heteroatoms. The number of fused-ring (bicyclic) bond motifs is 1. The van der Waals surface area contributed by atoms with Crippen LogP contribution in [0.1, 0.15) is 19.8 Å². The first-order chi connectivity index (χ1) is 9.11. The van der Waals surface area contributed by atoms with Gasteiger partial charge in [-0.25, -0.2) is 4.98 Å². The summed E-state index contributed by atoms with van der Waals surface area (Å²) < 4.78 is 6.50. The molecule has 0 saturated carbocycles. The van der Waals surface area contributed by atoms with E-state index in [-0.39, 0.29) is 18.1 Å². The Hall–Kier alpha value is -1.66. The minimum atomic E-state index is -0.355. The number of aromatic nitrogens is 1. The fourth-order valence-electron chi connectivity index (χ4n) is 2.18. The van der Waals surface area contributed by atoms with Gasteiger partial charge in [-0.1, -0.05) is 11.3 Å². The molecule has 1 aliphatic heterocycles. The van der Waals surface area contributed by atoms with Gasteiger partial charge in [-0.15, -0.1) is 0 Å². The third kappa shape index (κ3) is 2.54. The monoisotopic (exact) mass is 277 g/mol. The number of hydrogen-bond donors (Lipinski definition) is 2. The molecule has 1 amide bonds. The molecule has 100 valence electrons. The van der Waals surface area contributed by atoms with E-state index in [2.05, 4.69) is 10.3 Å². The number of rotatable bonds is 2. The molecule has 3 rings (SSSR count). The van der Waals surface area contributed by atoms with Crippen molar-refractivity contribution in [2.75, 3.05) is 11.1 Å². The van der Waals surface area contributed by atoms with E-state index in [9.17, 15) is 4.79 Å². The van der Waals surface area contributed by atoms with Crippen molar-refractivity contribution < 1.29 is 9.53 Å². The largest absolute Gasteiger partial charge is 0.399 e. The Morgan fingerprint density at radius 2 is 2.37 bits per heavy atom. The van der Waals surface area contributed by atoms with E-state index in [1.165, 1.54) is 11.3 Å². The third-order valence-electron chi connectivity index (χ3n) is 3.17. The number of anilines is 2. The Morgan fingerprint density at radius 3 is 3.11 bits per heavy atom. The summed E-state index contributed by atoms with van der Waals surface area (Å²) in [6, 6.07) is 5.51. The maximum absolute atomic E-state index is 12.0. The van der Waals surface area contributed by atoms with Crippen molar-refractivity contribution in [3.8, 4) is 0 Å². The molecule has 2 unspecified atom stereocenters. The van der Waals surface area contributed by atoms with Crippen LogP contribution in [0.3, 0.4) is 0 Å². The molecule has 2 aromatic rings. The molecular formula is C13H15N3O2S. The normalized spacial score (nSPS) is 22.8. The summed E-state index contributed by atoms with van der Waals surface area (Å²) in [6.45, 7) is 1.98. The van der Waals surface area contributed by atoms with E-state index in [1.807, 2.05) is 19.1 Å². The van der Waals surface area contributed by atoms with Crippen LogP contribution in [0, 0.1) is 0 Å². The summed E-state index contributed by atoms with van der Waals surface area (Å²) in [7, 11) is 0. The highest BCUT2D eigenvalue weighted by molar-refractivity contribution is 7.22. The highest BCUT2D eigenvalue weighted by Gasteiger charge is 2.28. The molecule has 2 atom stereocenters. The van der Waals surface area contributed by atoms with Crippen LogP contribution in [0.2, 0.25) is 0 Å². The average molecular weight is 277 g/mol. The second-order valence-corrected chi connectivity index (χ2v) is 5.78. The smallest absolute Gasteiger partial charge is 0.255 e. The zero-order valence-corrected chi connectivity index (χ0v) is 11.4. The number of carbonyl (C=O) groups is 1. The minimum absolute atomic E-state index is 0.114. The van der Waals surface area contributed by atoms with Crippen LogP contribution in [0.15, 0.2) is 18.2 Å². The summed E-state index contributed by atoms with van der Waals surface area (Å²) in [5.74, 6) is -0.114. The molecule has 0 radical (unpaired) electrons. The van der Waals surface area contributed by atoms with Crippen LogP contribution in [-0.2, 0) is 9.53 Å². The van der Waals surface area contributed by atoms with E-state index >= 15 is 0 Å². The number of hydrogen-bond acceptors (Lipinski definition) is 5. The molecular weight excluding hydrogens is 262 g/mol. The van der Waals surface area contributed by atoms with E-state index in [0.717, 1.165) is 23.1 Å². The van der Waals surface area contributed by atoms with Crippen LogP contribution in [0.5, 0.6) is 0 Å². The number of nitrogens with one attached hydrogen (secondary N) is 1. The van der Waals surface area contributed by atoms with Gasteiger partial charge in [0.2, 0.25) is 0 Å². The van der Waals surface area contributed by atoms with Gasteiger partial charge in [0.15, 0.2) is 5.13 Å². The van der Waals surface area contributed by atoms with Gasteiger partial charge in [-0.3, -0.25) is 10.1 Å². The number of nitrogens with two attached hydrogens (primary N) is 1. The lowest BCUT2D eigenvalue weighted by Gasteiger charge is -2.09. The molecule has 5 nitrogen and oxygen atoms in total. The van der Waals surface area contributed by atoms with Crippen molar-refractivity contribution in [1.29, 1.82) is 0 Å². The molecule has 1 fully saturated rings. The fourth-order valence-corrected chi connectivity index (χ4v) is 3.09. The second kappa shape index (κ2) is 4.79. The summed E-state index contributed by atoms with van der Waals surface area (Å²) >= 11 is 1.42. The van der Waals surface area contributed by atoms with E-state index in [1.54, 1.807) is 6.07 Å². The lowest BCUT2D eigenvalue weighted by atomic mass is 10.2. The van der Waals surface area contributed by atoms with Crippen LogP contribution in [-0.4, -0.2) is 23.1 Å². The zero-order valence-electron chi connectivity index (χ0n) is 10.6. The van der Waals surface area contributed by atoms with Crippen molar-refractivity contribution in [2.45, 2.75) is 32.0 Å². The molecule has 19 heavy (non-hydrogen) atoms. The maximum atomic E-state index is 12.0. The maximum Gasteiger partial charge on any atom is 0.255 e. The Morgan fingerprint density at radius 1 is 1.53 bits per heavy atom. The Kier molecular flexibility index (Phi) is 3.12. The number of carbonyl (C=O) groups excluding carboxylic acids is 1. The zero-order chi connectivity index (χ0) is 13.4. The summed E-state index contributed by atoms with van der Waals surface area (Å²) in [6.07, 6.45) is 1.50.